The third-order valence-electron chi connectivity index (χ3n) is 5.66. The summed E-state index contributed by atoms with van der Waals surface area (Å²) in [6.45, 7) is 5.79. The van der Waals surface area contributed by atoms with E-state index in [4.69, 9.17) is 19.8 Å². The van der Waals surface area contributed by atoms with E-state index in [0.717, 1.165) is 25.6 Å². The molecule has 2 saturated heterocycles. The van der Waals surface area contributed by atoms with Gasteiger partial charge < -0.3 is 15.1 Å². The molecule has 8 nitrogen and oxygen atoms in total. The standard InChI is InChI=1S/C17H22N4S.2C2HF3O2/c1-6-18-16(19-7-1)21-10-5-17(14-21)3-8-20(9-4-17)12-15-2-11-22-13-15;2*3-2(4,5)1(6)7/h1-2,6-7,11,13H,3-5,8-10,12,14H2;2*(H,6,7). The minimum atomic E-state index is -5.08. The number of aromatic nitrogens is 2. The molecule has 0 aromatic carbocycles. The molecule has 0 saturated carbocycles. The van der Waals surface area contributed by atoms with Crippen LogP contribution in [-0.2, 0) is 16.1 Å². The number of hydrogen-bond acceptors (Lipinski definition) is 7. The van der Waals surface area contributed by atoms with E-state index in [1.54, 1.807) is 11.3 Å². The summed E-state index contributed by atoms with van der Waals surface area (Å²) in [7, 11) is 0. The summed E-state index contributed by atoms with van der Waals surface area (Å²) in [5.41, 5.74) is 1.95. The van der Waals surface area contributed by atoms with Crippen molar-refractivity contribution in [3.05, 3.63) is 40.8 Å². The van der Waals surface area contributed by atoms with E-state index in [2.05, 4.69) is 36.6 Å². The minimum absolute atomic E-state index is 0.490. The number of aliphatic carboxylic acids is 2. The molecule has 1 spiro atoms. The molecule has 2 N–H and O–H groups in total. The number of carbonyl (C=O) groups is 2. The van der Waals surface area contributed by atoms with Crippen LogP contribution in [0.5, 0.6) is 0 Å². The highest BCUT2D eigenvalue weighted by molar-refractivity contribution is 7.07. The molecule has 0 aliphatic carbocycles. The summed E-state index contributed by atoms with van der Waals surface area (Å²) in [5, 5.41) is 18.7. The third kappa shape index (κ3) is 9.26. The first-order chi connectivity index (χ1) is 16.7. The van der Waals surface area contributed by atoms with E-state index < -0.39 is 24.3 Å². The van der Waals surface area contributed by atoms with E-state index in [1.165, 1.54) is 37.9 Å². The second kappa shape index (κ2) is 12.3. The van der Waals surface area contributed by atoms with Gasteiger partial charge in [0.15, 0.2) is 0 Å². The molecule has 0 atom stereocenters. The summed E-state index contributed by atoms with van der Waals surface area (Å²) < 4.78 is 63.5. The number of nitrogens with zero attached hydrogens (tertiary/aromatic N) is 4. The van der Waals surface area contributed by atoms with Crippen molar-refractivity contribution in [2.45, 2.75) is 38.2 Å². The molecule has 0 amide bonds. The van der Waals surface area contributed by atoms with E-state index in [1.807, 2.05) is 18.5 Å². The van der Waals surface area contributed by atoms with Gasteiger partial charge in [0.05, 0.1) is 0 Å². The van der Waals surface area contributed by atoms with Gasteiger partial charge in [0.25, 0.3) is 0 Å². The smallest absolute Gasteiger partial charge is 0.475 e. The van der Waals surface area contributed by atoms with Crippen LogP contribution in [0, 0.1) is 5.41 Å². The number of halogens is 6. The van der Waals surface area contributed by atoms with Gasteiger partial charge in [0, 0.05) is 32.0 Å². The maximum absolute atomic E-state index is 10.6. The normalized spacial score (nSPS) is 17.6. The predicted molar refractivity (Wildman–Crippen MR) is 118 cm³/mol. The van der Waals surface area contributed by atoms with Gasteiger partial charge in [-0.2, -0.15) is 37.7 Å². The fraction of sp³-hybridized carbons (Fsp3) is 0.524. The zero-order chi connectivity index (χ0) is 27.0. The monoisotopic (exact) mass is 542 g/mol. The minimum Gasteiger partial charge on any atom is -0.475 e. The number of hydrogen-bond donors (Lipinski definition) is 2. The maximum atomic E-state index is 10.6. The Labute approximate surface area is 206 Å². The molecular weight excluding hydrogens is 518 g/mol. The maximum Gasteiger partial charge on any atom is 0.490 e. The molecule has 2 aliphatic heterocycles. The summed E-state index contributed by atoms with van der Waals surface area (Å²) in [6.07, 6.45) is -2.58. The zero-order valence-corrected chi connectivity index (χ0v) is 19.6. The molecule has 0 unspecified atom stereocenters. The van der Waals surface area contributed by atoms with E-state index in [0.29, 0.717) is 5.41 Å². The van der Waals surface area contributed by atoms with Crippen LogP contribution >= 0.6 is 11.3 Å². The van der Waals surface area contributed by atoms with Crippen molar-refractivity contribution >= 4 is 29.2 Å². The lowest BCUT2D eigenvalue weighted by atomic mass is 9.78. The number of piperidine rings is 1. The number of alkyl halides is 6. The molecule has 15 heteroatoms. The van der Waals surface area contributed by atoms with Gasteiger partial charge in [-0.05, 0) is 66.2 Å². The largest absolute Gasteiger partial charge is 0.490 e. The third-order valence-corrected chi connectivity index (χ3v) is 6.39. The SMILES string of the molecule is O=C(O)C(F)(F)F.O=C(O)C(F)(F)F.c1cnc(N2CCC3(CCN(Cc4ccsc4)CC3)C2)nc1. The van der Waals surface area contributed by atoms with Crippen LogP contribution < -0.4 is 4.90 Å². The first-order valence-corrected chi connectivity index (χ1v) is 11.5. The molecule has 2 aromatic heterocycles. The molecule has 2 aliphatic rings. The lowest BCUT2D eigenvalue weighted by molar-refractivity contribution is -0.193. The van der Waals surface area contributed by atoms with Crippen molar-refractivity contribution in [2.24, 2.45) is 5.41 Å². The number of likely N-dealkylation sites (tertiary alicyclic amines) is 1. The highest BCUT2D eigenvalue weighted by Gasteiger charge is 2.41. The second-order valence-electron chi connectivity index (χ2n) is 8.23. The molecule has 2 aromatic rings. The van der Waals surface area contributed by atoms with Gasteiger partial charge >= 0.3 is 24.3 Å². The van der Waals surface area contributed by atoms with Gasteiger partial charge in [-0.15, -0.1) is 0 Å². The quantitative estimate of drug-likeness (QED) is 0.554. The van der Waals surface area contributed by atoms with Gasteiger partial charge in [-0.1, -0.05) is 0 Å². The number of carboxylic acid groups (broad SMARTS) is 2. The van der Waals surface area contributed by atoms with Crippen LogP contribution in [0.25, 0.3) is 0 Å². The van der Waals surface area contributed by atoms with Crippen LogP contribution in [0.1, 0.15) is 24.8 Å². The zero-order valence-electron chi connectivity index (χ0n) is 18.8. The van der Waals surface area contributed by atoms with Gasteiger partial charge in [0.2, 0.25) is 5.95 Å². The van der Waals surface area contributed by atoms with Crippen molar-refractivity contribution in [1.82, 2.24) is 14.9 Å². The first kappa shape index (κ1) is 29.3. The van der Waals surface area contributed by atoms with Crippen LogP contribution in [0.3, 0.4) is 0 Å². The fourth-order valence-corrected chi connectivity index (χ4v) is 4.45. The number of anilines is 1. The average Bonchev–Trinajstić information content (AvgIpc) is 3.46. The van der Waals surface area contributed by atoms with Crippen molar-refractivity contribution in [2.75, 3.05) is 31.1 Å². The number of carboxylic acids is 2. The Morgan fingerprint density at radius 2 is 1.44 bits per heavy atom. The molecule has 0 bridgehead atoms. The lowest BCUT2D eigenvalue weighted by Crippen LogP contribution is -2.41. The molecular formula is C21H24F6N4O4S. The average molecular weight is 543 g/mol. The van der Waals surface area contributed by atoms with Crippen molar-refractivity contribution in [1.29, 1.82) is 0 Å². The first-order valence-electron chi connectivity index (χ1n) is 10.6. The molecule has 2 fully saturated rings. The van der Waals surface area contributed by atoms with Crippen LogP contribution in [0.2, 0.25) is 0 Å². The summed E-state index contributed by atoms with van der Waals surface area (Å²) in [5.74, 6) is -4.61. The summed E-state index contributed by atoms with van der Waals surface area (Å²) in [4.78, 5) is 31.6. The molecule has 0 radical (unpaired) electrons. The number of rotatable bonds is 3. The topological polar surface area (TPSA) is 107 Å². The Bertz CT molecular complexity index is 941. The van der Waals surface area contributed by atoms with E-state index in [-0.39, 0.29) is 0 Å². The predicted octanol–water partition coefficient (Wildman–Crippen LogP) is 4.30. The fourth-order valence-electron chi connectivity index (χ4n) is 3.79. The van der Waals surface area contributed by atoms with Gasteiger partial charge in [0.1, 0.15) is 0 Å². The molecule has 4 heterocycles. The Balaban J connectivity index is 0.000000271. The molecule has 4 rings (SSSR count). The Hall–Kier alpha value is -2.94. The van der Waals surface area contributed by atoms with Crippen LogP contribution in [0.4, 0.5) is 32.3 Å². The van der Waals surface area contributed by atoms with Gasteiger partial charge in [-0.25, -0.2) is 19.6 Å². The highest BCUT2D eigenvalue weighted by atomic mass is 32.1. The van der Waals surface area contributed by atoms with E-state index in [9.17, 15) is 26.3 Å². The van der Waals surface area contributed by atoms with Crippen LogP contribution in [0.15, 0.2) is 35.3 Å². The van der Waals surface area contributed by atoms with Crippen LogP contribution in [-0.4, -0.2) is 75.6 Å². The Morgan fingerprint density at radius 1 is 0.944 bits per heavy atom. The van der Waals surface area contributed by atoms with Crippen molar-refractivity contribution < 1.29 is 46.1 Å². The summed E-state index contributed by atoms with van der Waals surface area (Å²) in [6, 6.07) is 4.14. The Morgan fingerprint density at radius 3 is 1.89 bits per heavy atom. The highest BCUT2D eigenvalue weighted by Crippen LogP contribution is 2.41. The number of thiophene rings is 1. The Kier molecular flexibility index (Phi) is 10.0. The molecule has 36 heavy (non-hydrogen) atoms. The molecule has 200 valence electrons. The van der Waals surface area contributed by atoms with Crippen molar-refractivity contribution in [3.8, 4) is 0 Å². The summed E-state index contributed by atoms with van der Waals surface area (Å²) >= 11 is 1.80. The van der Waals surface area contributed by atoms with E-state index >= 15 is 0 Å². The second-order valence-corrected chi connectivity index (χ2v) is 9.01. The van der Waals surface area contributed by atoms with Gasteiger partial charge in [-0.3, -0.25) is 4.90 Å². The lowest BCUT2D eigenvalue weighted by Gasteiger charge is -2.39. The van der Waals surface area contributed by atoms with Crippen molar-refractivity contribution in [3.63, 3.8) is 0 Å².